The van der Waals surface area contributed by atoms with Gasteiger partial charge in [0.15, 0.2) is 5.82 Å². The van der Waals surface area contributed by atoms with Gasteiger partial charge >= 0.3 is 0 Å². The molecule has 1 amide bonds. The van der Waals surface area contributed by atoms with Crippen molar-refractivity contribution in [2.75, 3.05) is 9.80 Å². The number of amides is 1. The van der Waals surface area contributed by atoms with Gasteiger partial charge in [0.25, 0.3) is 5.91 Å². The van der Waals surface area contributed by atoms with E-state index >= 15 is 0 Å². The second kappa shape index (κ2) is 6.18. The number of benzene rings is 2. The molecule has 1 atom stereocenters. The topological polar surface area (TPSA) is 49.3 Å². The minimum atomic E-state index is -0.430. The SMILES string of the molecule is CC1C(=O)N(c2ccccc2)c2cnc(Cl)nc2N1c1ccccc1. The number of hydrogen-bond acceptors (Lipinski definition) is 4. The number of nitrogens with zero attached hydrogens (tertiary/aromatic N) is 4. The van der Waals surface area contributed by atoms with Crippen LogP contribution in [0.15, 0.2) is 66.9 Å². The van der Waals surface area contributed by atoms with Crippen molar-refractivity contribution >= 4 is 40.4 Å². The normalized spacial score (nSPS) is 16.7. The van der Waals surface area contributed by atoms with Crippen LogP contribution in [0, 0.1) is 0 Å². The Morgan fingerprint density at radius 1 is 0.960 bits per heavy atom. The predicted octanol–water partition coefficient (Wildman–Crippen LogP) is 4.33. The predicted molar refractivity (Wildman–Crippen MR) is 98.7 cm³/mol. The Hall–Kier alpha value is -2.92. The fourth-order valence-corrected chi connectivity index (χ4v) is 3.19. The summed E-state index contributed by atoms with van der Waals surface area (Å²) in [7, 11) is 0. The van der Waals surface area contributed by atoms with Gasteiger partial charge in [0, 0.05) is 11.4 Å². The smallest absolute Gasteiger partial charge is 0.254 e. The van der Waals surface area contributed by atoms with Gasteiger partial charge in [-0.25, -0.2) is 4.98 Å². The molecule has 1 aromatic heterocycles. The Labute approximate surface area is 150 Å². The first kappa shape index (κ1) is 15.6. The number of carbonyl (C=O) groups is 1. The molecular weight excluding hydrogens is 336 g/mol. The third-order valence-electron chi connectivity index (χ3n) is 4.20. The summed E-state index contributed by atoms with van der Waals surface area (Å²) in [5.74, 6) is 0.565. The van der Waals surface area contributed by atoms with E-state index in [9.17, 15) is 4.79 Å². The van der Waals surface area contributed by atoms with E-state index < -0.39 is 6.04 Å². The van der Waals surface area contributed by atoms with E-state index in [1.165, 1.54) is 0 Å². The van der Waals surface area contributed by atoms with Crippen LogP contribution in [0.3, 0.4) is 0 Å². The first-order valence-corrected chi connectivity index (χ1v) is 8.30. The summed E-state index contributed by atoms with van der Waals surface area (Å²) in [6, 6.07) is 18.7. The Morgan fingerprint density at radius 2 is 1.56 bits per heavy atom. The molecule has 1 aliphatic heterocycles. The lowest BCUT2D eigenvalue weighted by atomic mass is 10.1. The minimum Gasteiger partial charge on any atom is -0.312 e. The van der Waals surface area contributed by atoms with E-state index in [-0.39, 0.29) is 11.2 Å². The molecular formula is C19H15ClN4O. The van der Waals surface area contributed by atoms with E-state index in [2.05, 4.69) is 9.97 Å². The van der Waals surface area contributed by atoms with Crippen LogP contribution in [0.2, 0.25) is 5.28 Å². The maximum absolute atomic E-state index is 13.2. The molecule has 1 aliphatic rings. The summed E-state index contributed by atoms with van der Waals surface area (Å²) in [5.41, 5.74) is 2.27. The first-order chi connectivity index (χ1) is 12.2. The van der Waals surface area contributed by atoms with Gasteiger partial charge < -0.3 is 4.90 Å². The molecule has 0 saturated heterocycles. The van der Waals surface area contributed by atoms with Crippen LogP contribution in [0.1, 0.15) is 6.92 Å². The Balaban J connectivity index is 1.93. The quantitative estimate of drug-likeness (QED) is 0.645. The van der Waals surface area contributed by atoms with Crippen molar-refractivity contribution in [2.24, 2.45) is 0 Å². The molecule has 0 N–H and O–H groups in total. The fourth-order valence-electron chi connectivity index (χ4n) is 3.06. The van der Waals surface area contributed by atoms with Crippen molar-refractivity contribution in [3.8, 4) is 0 Å². The van der Waals surface area contributed by atoms with Crippen LogP contribution in [0.25, 0.3) is 0 Å². The van der Waals surface area contributed by atoms with Crippen LogP contribution in [-0.4, -0.2) is 21.9 Å². The molecule has 6 heteroatoms. The number of hydrogen-bond donors (Lipinski definition) is 0. The average molecular weight is 351 g/mol. The molecule has 5 nitrogen and oxygen atoms in total. The molecule has 2 heterocycles. The number of fused-ring (bicyclic) bond motifs is 1. The average Bonchev–Trinajstić information content (AvgIpc) is 2.65. The van der Waals surface area contributed by atoms with Gasteiger partial charge in [-0.1, -0.05) is 36.4 Å². The highest BCUT2D eigenvalue weighted by atomic mass is 35.5. The molecule has 2 aromatic carbocycles. The van der Waals surface area contributed by atoms with Crippen LogP contribution in [0.4, 0.5) is 22.9 Å². The van der Waals surface area contributed by atoms with Crippen LogP contribution in [-0.2, 0) is 4.79 Å². The molecule has 1 unspecified atom stereocenters. The zero-order valence-corrected chi connectivity index (χ0v) is 14.3. The van der Waals surface area contributed by atoms with Crippen molar-refractivity contribution < 1.29 is 4.79 Å². The summed E-state index contributed by atoms with van der Waals surface area (Å²) in [6.45, 7) is 1.87. The highest BCUT2D eigenvalue weighted by molar-refractivity contribution is 6.28. The third kappa shape index (κ3) is 2.62. The molecule has 124 valence electrons. The number of aromatic nitrogens is 2. The second-order valence-electron chi connectivity index (χ2n) is 5.74. The van der Waals surface area contributed by atoms with E-state index in [0.29, 0.717) is 11.5 Å². The monoisotopic (exact) mass is 350 g/mol. The van der Waals surface area contributed by atoms with Gasteiger partial charge in [0.05, 0.1) is 6.20 Å². The zero-order valence-electron chi connectivity index (χ0n) is 13.5. The Morgan fingerprint density at radius 3 is 2.20 bits per heavy atom. The lowest BCUT2D eigenvalue weighted by Gasteiger charge is -2.40. The number of rotatable bonds is 2. The van der Waals surface area contributed by atoms with Crippen LogP contribution in [0.5, 0.6) is 0 Å². The molecule has 0 fully saturated rings. The molecule has 3 aromatic rings. The zero-order chi connectivity index (χ0) is 17.4. The van der Waals surface area contributed by atoms with E-state index in [1.807, 2.05) is 72.5 Å². The van der Waals surface area contributed by atoms with E-state index in [4.69, 9.17) is 11.6 Å². The van der Waals surface area contributed by atoms with Gasteiger partial charge in [0.2, 0.25) is 5.28 Å². The van der Waals surface area contributed by atoms with Crippen LogP contribution >= 0.6 is 11.6 Å². The maximum Gasteiger partial charge on any atom is 0.254 e. The fraction of sp³-hybridized carbons (Fsp3) is 0.105. The van der Waals surface area contributed by atoms with Gasteiger partial charge in [-0.3, -0.25) is 9.69 Å². The van der Waals surface area contributed by atoms with E-state index in [1.54, 1.807) is 11.1 Å². The highest BCUT2D eigenvalue weighted by Gasteiger charge is 2.38. The first-order valence-electron chi connectivity index (χ1n) is 7.92. The minimum absolute atomic E-state index is 0.0477. The largest absolute Gasteiger partial charge is 0.312 e. The lowest BCUT2D eigenvalue weighted by molar-refractivity contribution is -0.118. The molecule has 25 heavy (non-hydrogen) atoms. The van der Waals surface area contributed by atoms with Crippen LogP contribution < -0.4 is 9.80 Å². The summed E-state index contributed by atoms with van der Waals surface area (Å²) < 4.78 is 0. The standard InChI is InChI=1S/C19H15ClN4O/c1-13-18(25)24(15-10-6-3-7-11-15)16-12-21-19(20)22-17(16)23(13)14-8-4-2-5-9-14/h2-13H,1H3. The number of para-hydroxylation sites is 2. The van der Waals surface area contributed by atoms with Gasteiger partial charge in [-0.2, -0.15) is 4.98 Å². The van der Waals surface area contributed by atoms with Crippen molar-refractivity contribution in [2.45, 2.75) is 13.0 Å². The van der Waals surface area contributed by atoms with Crippen molar-refractivity contribution in [1.29, 1.82) is 0 Å². The highest BCUT2D eigenvalue weighted by Crippen LogP contribution is 2.42. The van der Waals surface area contributed by atoms with E-state index in [0.717, 1.165) is 11.4 Å². The summed E-state index contributed by atoms with van der Waals surface area (Å²) in [5, 5.41) is 0.147. The molecule has 0 bridgehead atoms. The number of carbonyl (C=O) groups excluding carboxylic acids is 1. The molecule has 4 rings (SSSR count). The molecule has 0 saturated carbocycles. The van der Waals surface area contributed by atoms with Crippen molar-refractivity contribution in [3.05, 3.63) is 72.1 Å². The Bertz CT molecular complexity index is 917. The van der Waals surface area contributed by atoms with Crippen molar-refractivity contribution in [3.63, 3.8) is 0 Å². The number of halogens is 1. The molecule has 0 radical (unpaired) electrons. The van der Waals surface area contributed by atoms with Gasteiger partial charge in [-0.15, -0.1) is 0 Å². The maximum atomic E-state index is 13.2. The van der Waals surface area contributed by atoms with Crippen molar-refractivity contribution in [1.82, 2.24) is 9.97 Å². The van der Waals surface area contributed by atoms with Gasteiger partial charge in [0.1, 0.15) is 11.7 Å². The lowest BCUT2D eigenvalue weighted by Crippen LogP contribution is -2.48. The number of anilines is 4. The Kier molecular flexibility index (Phi) is 3.86. The van der Waals surface area contributed by atoms with Gasteiger partial charge in [-0.05, 0) is 42.8 Å². The molecule has 0 spiro atoms. The second-order valence-corrected chi connectivity index (χ2v) is 6.08. The summed E-state index contributed by atoms with van der Waals surface area (Å²) >= 11 is 6.05. The summed E-state index contributed by atoms with van der Waals surface area (Å²) in [4.78, 5) is 25.2. The third-order valence-corrected chi connectivity index (χ3v) is 4.39. The molecule has 0 aliphatic carbocycles. The summed E-state index contributed by atoms with van der Waals surface area (Å²) in [6.07, 6.45) is 1.59.